The smallest absolute Gasteiger partial charge is 0.245 e. The van der Waals surface area contributed by atoms with Gasteiger partial charge in [-0.15, -0.1) is 0 Å². The fraction of sp³-hybridized carbons (Fsp3) is 0.619. The van der Waals surface area contributed by atoms with Gasteiger partial charge >= 0.3 is 0 Å². The van der Waals surface area contributed by atoms with E-state index in [-0.39, 0.29) is 35.2 Å². The van der Waals surface area contributed by atoms with E-state index >= 15 is 0 Å². The van der Waals surface area contributed by atoms with Crippen LogP contribution < -0.4 is 0 Å². The van der Waals surface area contributed by atoms with Crippen LogP contribution in [0.3, 0.4) is 0 Å². The lowest BCUT2D eigenvalue weighted by Gasteiger charge is -2.36. The molecule has 0 aliphatic carbocycles. The summed E-state index contributed by atoms with van der Waals surface area (Å²) in [4.78, 5) is 29.4. The van der Waals surface area contributed by atoms with E-state index in [9.17, 15) is 14.0 Å². The van der Waals surface area contributed by atoms with E-state index in [1.807, 2.05) is 20.8 Å². The van der Waals surface area contributed by atoms with Crippen LogP contribution in [-0.4, -0.2) is 53.9 Å². The second-order valence-corrected chi connectivity index (χ2v) is 8.68. The maximum absolute atomic E-state index is 13.2. The molecular formula is C21H29FN2O3. The van der Waals surface area contributed by atoms with Gasteiger partial charge in [-0.2, -0.15) is 0 Å². The number of benzene rings is 1. The van der Waals surface area contributed by atoms with Crippen molar-refractivity contribution in [1.29, 1.82) is 0 Å². The number of hydrogen-bond donors (Lipinski definition) is 0. The Morgan fingerprint density at radius 3 is 2.56 bits per heavy atom. The number of morpholine rings is 1. The number of halogens is 1. The minimum absolute atomic E-state index is 0.00479. The molecule has 0 N–H and O–H groups in total. The molecule has 0 radical (unpaired) electrons. The van der Waals surface area contributed by atoms with Crippen molar-refractivity contribution < 1.29 is 18.7 Å². The van der Waals surface area contributed by atoms with Crippen molar-refractivity contribution in [3.8, 4) is 0 Å². The highest BCUT2D eigenvalue weighted by Gasteiger charge is 2.38. The second-order valence-electron chi connectivity index (χ2n) is 8.68. The summed E-state index contributed by atoms with van der Waals surface area (Å²) in [6.07, 6.45) is 1.76. The highest BCUT2D eigenvalue weighted by molar-refractivity contribution is 5.88. The van der Waals surface area contributed by atoms with Gasteiger partial charge in [0.1, 0.15) is 18.0 Å². The van der Waals surface area contributed by atoms with Gasteiger partial charge in [-0.05, 0) is 36.0 Å². The zero-order valence-corrected chi connectivity index (χ0v) is 16.4. The van der Waals surface area contributed by atoms with Gasteiger partial charge in [0.05, 0.1) is 13.2 Å². The van der Waals surface area contributed by atoms with Crippen LogP contribution in [0, 0.1) is 11.2 Å². The van der Waals surface area contributed by atoms with Crippen LogP contribution in [0.2, 0.25) is 0 Å². The van der Waals surface area contributed by atoms with Gasteiger partial charge in [-0.25, -0.2) is 4.39 Å². The summed E-state index contributed by atoms with van der Waals surface area (Å²) < 4.78 is 18.9. The molecule has 0 saturated carbocycles. The van der Waals surface area contributed by atoms with Gasteiger partial charge in [0.25, 0.3) is 0 Å². The predicted octanol–water partition coefficient (Wildman–Crippen LogP) is 3.15. The molecule has 148 valence electrons. The van der Waals surface area contributed by atoms with Crippen molar-refractivity contribution >= 4 is 11.8 Å². The van der Waals surface area contributed by atoms with Crippen molar-refractivity contribution in [2.75, 3.05) is 26.2 Å². The molecule has 0 spiro atoms. The number of likely N-dealkylation sites (tertiary alicyclic amines) is 1. The molecule has 5 nitrogen and oxygen atoms in total. The van der Waals surface area contributed by atoms with Gasteiger partial charge < -0.3 is 14.5 Å². The molecule has 1 aromatic carbocycles. The minimum atomic E-state index is -0.369. The fourth-order valence-electron chi connectivity index (χ4n) is 3.82. The average Bonchev–Trinajstić information content (AvgIpc) is 3.10. The summed E-state index contributed by atoms with van der Waals surface area (Å²) >= 11 is 0. The number of carbonyl (C=O) groups is 2. The lowest BCUT2D eigenvalue weighted by atomic mass is 9.91. The number of nitrogens with zero attached hydrogens (tertiary/aromatic N) is 2. The van der Waals surface area contributed by atoms with Crippen molar-refractivity contribution in [2.45, 2.75) is 52.2 Å². The highest BCUT2D eigenvalue weighted by Crippen LogP contribution is 2.28. The molecule has 2 heterocycles. The first-order valence-electron chi connectivity index (χ1n) is 9.70. The Morgan fingerprint density at radius 2 is 1.89 bits per heavy atom. The summed E-state index contributed by atoms with van der Waals surface area (Å²) in [5, 5.41) is 0. The molecule has 2 aliphatic heterocycles. The Morgan fingerprint density at radius 1 is 1.19 bits per heavy atom. The fourth-order valence-corrected chi connectivity index (χ4v) is 3.82. The van der Waals surface area contributed by atoms with E-state index < -0.39 is 0 Å². The Balaban J connectivity index is 1.67. The topological polar surface area (TPSA) is 49.9 Å². The lowest BCUT2D eigenvalue weighted by molar-refractivity contribution is -0.149. The van der Waals surface area contributed by atoms with Crippen molar-refractivity contribution in [2.24, 2.45) is 5.41 Å². The first-order valence-corrected chi connectivity index (χ1v) is 9.70. The molecule has 0 unspecified atom stereocenters. The maximum Gasteiger partial charge on any atom is 0.245 e. The summed E-state index contributed by atoms with van der Waals surface area (Å²) in [7, 11) is 0. The zero-order chi connectivity index (χ0) is 19.6. The van der Waals surface area contributed by atoms with Crippen molar-refractivity contribution in [1.82, 2.24) is 9.80 Å². The predicted molar refractivity (Wildman–Crippen MR) is 100 cm³/mol. The standard InChI is InChI=1S/C21H29FN2O3/c1-21(2,3)13-19(25)24-10-4-5-17(24)20(26)23-11-12-27-18(14-23)15-6-8-16(22)9-7-15/h6-9,17-18H,4-5,10-14H2,1-3H3/t17-,18-/m0/s1. The van der Waals surface area contributed by atoms with Crippen LogP contribution in [0.4, 0.5) is 4.39 Å². The number of amides is 2. The van der Waals surface area contributed by atoms with Crippen LogP contribution in [0.5, 0.6) is 0 Å². The van der Waals surface area contributed by atoms with Gasteiger partial charge in [-0.3, -0.25) is 9.59 Å². The first-order chi connectivity index (χ1) is 12.7. The largest absolute Gasteiger partial charge is 0.370 e. The average molecular weight is 376 g/mol. The quantitative estimate of drug-likeness (QED) is 0.814. The van der Waals surface area contributed by atoms with Gasteiger partial charge in [0.2, 0.25) is 11.8 Å². The third-order valence-corrected chi connectivity index (χ3v) is 5.16. The van der Waals surface area contributed by atoms with Crippen LogP contribution in [-0.2, 0) is 14.3 Å². The van der Waals surface area contributed by atoms with Crippen LogP contribution in [0.1, 0.15) is 51.7 Å². The molecule has 2 aliphatic rings. The number of hydrogen-bond acceptors (Lipinski definition) is 3. The highest BCUT2D eigenvalue weighted by atomic mass is 19.1. The maximum atomic E-state index is 13.2. The van der Waals surface area contributed by atoms with Crippen molar-refractivity contribution in [3.05, 3.63) is 35.6 Å². The summed E-state index contributed by atoms with van der Waals surface area (Å²) in [6.45, 7) is 8.15. The molecule has 27 heavy (non-hydrogen) atoms. The zero-order valence-electron chi connectivity index (χ0n) is 16.4. The second kappa shape index (κ2) is 7.97. The molecule has 2 atom stereocenters. The molecule has 2 saturated heterocycles. The molecular weight excluding hydrogens is 347 g/mol. The van der Waals surface area contributed by atoms with Crippen molar-refractivity contribution in [3.63, 3.8) is 0 Å². The first kappa shape index (κ1) is 19.8. The Bertz CT molecular complexity index is 684. The summed E-state index contributed by atoms with van der Waals surface area (Å²) in [5.41, 5.74) is 0.765. The molecule has 2 fully saturated rings. The summed E-state index contributed by atoms with van der Waals surface area (Å²) in [5.74, 6) is -0.228. The van der Waals surface area contributed by atoms with E-state index in [4.69, 9.17) is 4.74 Å². The third kappa shape index (κ3) is 4.86. The molecule has 3 rings (SSSR count). The molecule has 1 aromatic rings. The van der Waals surface area contributed by atoms with Gasteiger partial charge in [-0.1, -0.05) is 32.9 Å². The summed E-state index contributed by atoms with van der Waals surface area (Å²) in [6, 6.07) is 5.84. The van der Waals surface area contributed by atoms with E-state index in [0.717, 1.165) is 12.0 Å². The SMILES string of the molecule is CC(C)(C)CC(=O)N1CCC[C@H]1C(=O)N1CCO[C@H](c2ccc(F)cc2)C1. The Hall–Kier alpha value is -1.95. The van der Waals surface area contributed by atoms with Crippen LogP contribution in [0.15, 0.2) is 24.3 Å². The molecule has 0 aromatic heterocycles. The van der Waals surface area contributed by atoms with Crippen LogP contribution in [0.25, 0.3) is 0 Å². The minimum Gasteiger partial charge on any atom is -0.370 e. The number of ether oxygens (including phenoxy) is 1. The van der Waals surface area contributed by atoms with E-state index in [1.54, 1.807) is 21.9 Å². The molecule has 0 bridgehead atoms. The van der Waals surface area contributed by atoms with E-state index in [0.29, 0.717) is 39.1 Å². The van der Waals surface area contributed by atoms with Gasteiger partial charge in [0.15, 0.2) is 0 Å². The monoisotopic (exact) mass is 376 g/mol. The lowest BCUT2D eigenvalue weighted by Crippen LogP contribution is -2.51. The van der Waals surface area contributed by atoms with E-state index in [2.05, 4.69) is 0 Å². The molecule has 2 amide bonds. The normalized spacial score (nSPS) is 23.6. The molecule has 6 heteroatoms. The number of rotatable bonds is 3. The third-order valence-electron chi connectivity index (χ3n) is 5.16. The van der Waals surface area contributed by atoms with E-state index in [1.165, 1.54) is 12.1 Å². The van der Waals surface area contributed by atoms with Crippen LogP contribution >= 0.6 is 0 Å². The van der Waals surface area contributed by atoms with Gasteiger partial charge in [0, 0.05) is 19.5 Å². The Kier molecular flexibility index (Phi) is 5.84. The Labute approximate surface area is 160 Å². The number of carbonyl (C=O) groups excluding carboxylic acids is 2.